The van der Waals surface area contributed by atoms with Crippen molar-refractivity contribution in [2.24, 2.45) is 0 Å². The van der Waals surface area contributed by atoms with Crippen LogP contribution in [0.3, 0.4) is 0 Å². The molecule has 1 aromatic rings. The zero-order valence-corrected chi connectivity index (χ0v) is 9.03. The number of aryl methyl sites for hydroxylation is 1. The van der Waals surface area contributed by atoms with Crippen LogP contribution in [-0.4, -0.2) is 7.11 Å². The number of rotatable bonds is 2. The Kier molecular flexibility index (Phi) is 5.84. The van der Waals surface area contributed by atoms with E-state index in [-0.39, 0.29) is 5.75 Å². The molecular weight excluding hydrogens is 186 g/mol. The lowest BCUT2D eigenvalue weighted by molar-refractivity contribution is 0.358. The standard InChI is InChI=1S/C9H10F2O.C2H6/c1-3-6-4-5-7(10)9(12-2)8(6)11;1-2/h4-5H,3H2,1-2H3;1-2H3. The highest BCUT2D eigenvalue weighted by Gasteiger charge is 2.12. The second kappa shape index (κ2) is 6.35. The molecule has 0 atom stereocenters. The van der Waals surface area contributed by atoms with Gasteiger partial charge in [0.15, 0.2) is 17.4 Å². The van der Waals surface area contributed by atoms with Crippen molar-refractivity contribution in [3.05, 3.63) is 29.3 Å². The van der Waals surface area contributed by atoms with Gasteiger partial charge in [0.2, 0.25) is 0 Å². The van der Waals surface area contributed by atoms with Crippen LogP contribution in [0.1, 0.15) is 26.3 Å². The maximum absolute atomic E-state index is 13.2. The Labute approximate surface area is 83.7 Å². The summed E-state index contributed by atoms with van der Waals surface area (Å²) in [5, 5.41) is 0. The molecule has 1 aromatic carbocycles. The van der Waals surface area contributed by atoms with Crippen molar-refractivity contribution in [1.82, 2.24) is 0 Å². The van der Waals surface area contributed by atoms with Crippen molar-refractivity contribution in [2.75, 3.05) is 7.11 Å². The average Bonchev–Trinajstić information content (AvgIpc) is 2.22. The molecule has 0 radical (unpaired) electrons. The number of ether oxygens (including phenoxy) is 1. The minimum atomic E-state index is -0.660. The fourth-order valence-electron chi connectivity index (χ4n) is 1.03. The monoisotopic (exact) mass is 202 g/mol. The fraction of sp³-hybridized carbons (Fsp3) is 0.455. The van der Waals surface area contributed by atoms with E-state index in [1.807, 2.05) is 13.8 Å². The van der Waals surface area contributed by atoms with Gasteiger partial charge in [0.1, 0.15) is 0 Å². The van der Waals surface area contributed by atoms with Gasteiger partial charge in [-0.2, -0.15) is 0 Å². The summed E-state index contributed by atoms with van der Waals surface area (Å²) < 4.78 is 30.5. The van der Waals surface area contributed by atoms with Crippen molar-refractivity contribution in [1.29, 1.82) is 0 Å². The molecule has 0 unspecified atom stereocenters. The van der Waals surface area contributed by atoms with E-state index in [1.165, 1.54) is 19.2 Å². The predicted octanol–water partition coefficient (Wildman–Crippen LogP) is 3.56. The molecule has 0 bridgehead atoms. The fourth-order valence-corrected chi connectivity index (χ4v) is 1.03. The molecule has 1 rings (SSSR count). The van der Waals surface area contributed by atoms with E-state index < -0.39 is 11.6 Å². The molecule has 0 N–H and O–H groups in total. The van der Waals surface area contributed by atoms with Gasteiger partial charge in [0.05, 0.1) is 7.11 Å². The van der Waals surface area contributed by atoms with Crippen LogP contribution in [0.5, 0.6) is 5.75 Å². The molecule has 0 aliphatic carbocycles. The first-order chi connectivity index (χ1) is 6.70. The van der Waals surface area contributed by atoms with E-state index in [0.29, 0.717) is 12.0 Å². The number of halogens is 2. The Morgan fingerprint density at radius 1 is 1.21 bits per heavy atom. The smallest absolute Gasteiger partial charge is 0.190 e. The molecule has 0 spiro atoms. The minimum absolute atomic E-state index is 0.297. The quantitative estimate of drug-likeness (QED) is 0.712. The predicted molar refractivity (Wildman–Crippen MR) is 53.6 cm³/mol. The van der Waals surface area contributed by atoms with Gasteiger partial charge in [-0.25, -0.2) is 8.78 Å². The lowest BCUT2D eigenvalue weighted by atomic mass is 10.1. The van der Waals surface area contributed by atoms with Gasteiger partial charge in [-0.05, 0) is 18.1 Å². The van der Waals surface area contributed by atoms with E-state index in [2.05, 4.69) is 4.74 Å². The van der Waals surface area contributed by atoms with Crippen molar-refractivity contribution in [3.63, 3.8) is 0 Å². The minimum Gasteiger partial charge on any atom is -0.491 e. The number of hydrogen-bond acceptors (Lipinski definition) is 1. The number of hydrogen-bond donors (Lipinski definition) is 0. The molecule has 0 fully saturated rings. The summed E-state index contributed by atoms with van der Waals surface area (Å²) in [6, 6.07) is 2.63. The maximum atomic E-state index is 13.2. The topological polar surface area (TPSA) is 9.23 Å². The van der Waals surface area contributed by atoms with E-state index in [1.54, 1.807) is 6.92 Å². The van der Waals surface area contributed by atoms with Gasteiger partial charge >= 0.3 is 0 Å². The summed E-state index contributed by atoms with van der Waals surface area (Å²) in [5.74, 6) is -1.55. The Hall–Kier alpha value is -1.12. The Morgan fingerprint density at radius 3 is 2.21 bits per heavy atom. The SMILES string of the molecule is CC.CCc1ccc(F)c(OC)c1F. The van der Waals surface area contributed by atoms with Gasteiger partial charge in [-0.3, -0.25) is 0 Å². The van der Waals surface area contributed by atoms with Crippen LogP contribution in [0.2, 0.25) is 0 Å². The van der Waals surface area contributed by atoms with Crippen LogP contribution in [0.25, 0.3) is 0 Å². The van der Waals surface area contributed by atoms with Crippen LogP contribution >= 0.6 is 0 Å². The highest BCUT2D eigenvalue weighted by molar-refractivity contribution is 5.32. The lowest BCUT2D eigenvalue weighted by Gasteiger charge is -2.05. The molecule has 1 nitrogen and oxygen atoms in total. The second-order valence-corrected chi connectivity index (χ2v) is 2.41. The van der Waals surface area contributed by atoms with E-state index >= 15 is 0 Å². The van der Waals surface area contributed by atoms with Gasteiger partial charge in [0, 0.05) is 0 Å². The summed E-state index contributed by atoms with van der Waals surface area (Å²) in [7, 11) is 1.25. The Bertz CT molecular complexity index is 285. The van der Waals surface area contributed by atoms with Crippen LogP contribution < -0.4 is 4.74 Å². The van der Waals surface area contributed by atoms with Gasteiger partial charge in [-0.15, -0.1) is 0 Å². The molecule has 80 valence electrons. The second-order valence-electron chi connectivity index (χ2n) is 2.41. The summed E-state index contributed by atoms with van der Waals surface area (Å²) >= 11 is 0. The van der Waals surface area contributed by atoms with Crippen LogP contribution in [0, 0.1) is 11.6 Å². The Balaban J connectivity index is 0.000000791. The normalized spacial score (nSPS) is 9.00. The molecule has 0 saturated heterocycles. The zero-order chi connectivity index (χ0) is 11.1. The molecular formula is C11H16F2O. The Morgan fingerprint density at radius 2 is 1.79 bits per heavy atom. The first kappa shape index (κ1) is 12.9. The third-order valence-electron chi connectivity index (χ3n) is 1.71. The largest absolute Gasteiger partial charge is 0.491 e. The van der Waals surface area contributed by atoms with Crippen molar-refractivity contribution < 1.29 is 13.5 Å². The van der Waals surface area contributed by atoms with Gasteiger partial charge in [0.25, 0.3) is 0 Å². The first-order valence-electron chi connectivity index (χ1n) is 4.71. The summed E-state index contributed by atoms with van der Waals surface area (Å²) in [6.45, 7) is 5.80. The molecule has 0 aliphatic heterocycles. The van der Waals surface area contributed by atoms with Gasteiger partial charge in [-0.1, -0.05) is 26.8 Å². The highest BCUT2D eigenvalue weighted by Crippen LogP contribution is 2.24. The van der Waals surface area contributed by atoms with Crippen molar-refractivity contribution >= 4 is 0 Å². The highest BCUT2D eigenvalue weighted by atomic mass is 19.1. The summed E-state index contributed by atoms with van der Waals surface area (Å²) in [4.78, 5) is 0. The molecule has 14 heavy (non-hydrogen) atoms. The zero-order valence-electron chi connectivity index (χ0n) is 9.03. The lowest BCUT2D eigenvalue weighted by Crippen LogP contribution is -1.96. The van der Waals surface area contributed by atoms with E-state index in [9.17, 15) is 8.78 Å². The van der Waals surface area contributed by atoms with Crippen LogP contribution in [-0.2, 0) is 6.42 Å². The molecule has 0 aliphatic rings. The molecule has 0 heterocycles. The van der Waals surface area contributed by atoms with Gasteiger partial charge < -0.3 is 4.74 Å². The van der Waals surface area contributed by atoms with Crippen LogP contribution in [0.15, 0.2) is 12.1 Å². The summed E-state index contributed by atoms with van der Waals surface area (Å²) in [5.41, 5.74) is 0.466. The molecule has 3 heteroatoms. The third kappa shape index (κ3) is 2.69. The maximum Gasteiger partial charge on any atom is 0.190 e. The number of benzene rings is 1. The molecule has 0 amide bonds. The van der Waals surface area contributed by atoms with Crippen molar-refractivity contribution in [3.8, 4) is 5.75 Å². The first-order valence-corrected chi connectivity index (χ1v) is 4.71. The average molecular weight is 202 g/mol. The van der Waals surface area contributed by atoms with E-state index in [4.69, 9.17) is 0 Å². The molecule has 0 aromatic heterocycles. The van der Waals surface area contributed by atoms with Crippen LogP contribution in [0.4, 0.5) is 8.78 Å². The molecule has 0 saturated carbocycles. The summed E-state index contributed by atoms with van der Waals surface area (Å²) in [6.07, 6.45) is 0.530. The number of methoxy groups -OCH3 is 1. The van der Waals surface area contributed by atoms with Crippen molar-refractivity contribution in [2.45, 2.75) is 27.2 Å². The third-order valence-corrected chi connectivity index (χ3v) is 1.71. The van der Waals surface area contributed by atoms with E-state index in [0.717, 1.165) is 0 Å².